The van der Waals surface area contributed by atoms with E-state index >= 15 is 0 Å². The second-order valence-electron chi connectivity index (χ2n) is 13.2. The van der Waals surface area contributed by atoms with E-state index in [-0.39, 0.29) is 34.5 Å². The number of carbonyl (C=O) groups is 5. The zero-order chi connectivity index (χ0) is 34.8. The van der Waals surface area contributed by atoms with E-state index in [2.05, 4.69) is 15.6 Å². The van der Waals surface area contributed by atoms with Crippen molar-refractivity contribution >= 4 is 51.0 Å². The zero-order valence-electron chi connectivity index (χ0n) is 25.7. The van der Waals surface area contributed by atoms with Crippen molar-refractivity contribution in [2.45, 2.75) is 71.0 Å². The number of hydrogen-bond acceptors (Lipinski definition) is 7. The molecule has 2 aliphatic heterocycles. The summed E-state index contributed by atoms with van der Waals surface area (Å²) in [5.41, 5.74) is -1.92. The predicted octanol–water partition coefficient (Wildman–Crippen LogP) is 3.69. The van der Waals surface area contributed by atoms with Crippen molar-refractivity contribution < 1.29 is 50.3 Å². The zero-order valence-corrected chi connectivity index (χ0v) is 26.5. The van der Waals surface area contributed by atoms with Crippen LogP contribution in [0.4, 0.5) is 26.3 Å². The van der Waals surface area contributed by atoms with E-state index < -0.39 is 88.2 Å². The summed E-state index contributed by atoms with van der Waals surface area (Å²) in [5, 5.41) is 6.67. The maximum absolute atomic E-state index is 14.0. The summed E-state index contributed by atoms with van der Waals surface area (Å²) in [5.74, 6) is -7.33. The Hall–Kier alpha value is -3.76. The lowest BCUT2D eigenvalue weighted by atomic mass is 9.94. The first-order valence-corrected chi connectivity index (χ1v) is 15.8. The van der Waals surface area contributed by atoms with Gasteiger partial charge in [0.25, 0.3) is 0 Å². The minimum Gasteiger partial charge on any atom is -0.356 e. The van der Waals surface area contributed by atoms with E-state index in [1.165, 1.54) is 26.0 Å². The summed E-state index contributed by atoms with van der Waals surface area (Å²) in [6.45, 7) is 6.94. The number of amides is 4. The molecule has 5 rings (SSSR count). The molecule has 0 bridgehead atoms. The topological polar surface area (TPSA) is 138 Å². The number of Topliss-reactive ketones (excluding diaryl/α,β-unsaturated/α-hetero) is 1. The predicted molar refractivity (Wildman–Crippen MR) is 156 cm³/mol. The van der Waals surface area contributed by atoms with E-state index in [1.54, 1.807) is 5.32 Å². The molecular formula is C30H33F6N5O5S. The molecule has 17 heteroatoms. The summed E-state index contributed by atoms with van der Waals surface area (Å²) < 4.78 is 80.3. The van der Waals surface area contributed by atoms with Crippen LogP contribution < -0.4 is 16.0 Å². The Labute approximate surface area is 269 Å². The number of carbonyl (C=O) groups excluding carboxylic acids is 5. The highest BCUT2D eigenvalue weighted by Crippen LogP contribution is 2.65. The molecule has 10 nitrogen and oxygen atoms in total. The van der Waals surface area contributed by atoms with Crippen molar-refractivity contribution in [2.75, 3.05) is 13.1 Å². The number of rotatable bonds is 9. The molecule has 3 aliphatic rings. The fraction of sp³-hybridized carbons (Fsp3) is 0.600. The highest BCUT2D eigenvalue weighted by molar-refractivity contribution is 7.20. The molecule has 3 N–H and O–H groups in total. The number of ketones is 1. The SMILES string of the molecule is CC(C)[C@H](NC(=O)C(F)(F)F)C(=O)N1C[C@H]2[C@@H]([C@H]1C(=O)N[C@@H](C[C@@H]1CCNC1=O)C(=O)c1nc3c(C(F)(F)F)cccc3s1)C2(C)C. The van der Waals surface area contributed by atoms with Crippen LogP contribution in [0.25, 0.3) is 10.2 Å². The van der Waals surface area contributed by atoms with Crippen molar-refractivity contribution in [2.24, 2.45) is 29.1 Å². The molecule has 1 aromatic heterocycles. The summed E-state index contributed by atoms with van der Waals surface area (Å²) >= 11 is 0.702. The van der Waals surface area contributed by atoms with Crippen LogP contribution in [0.1, 0.15) is 55.9 Å². The molecule has 0 radical (unpaired) electrons. The third kappa shape index (κ3) is 6.54. The smallest absolute Gasteiger partial charge is 0.356 e. The molecule has 2 saturated heterocycles. The Morgan fingerprint density at radius 3 is 2.36 bits per heavy atom. The molecule has 1 aliphatic carbocycles. The van der Waals surface area contributed by atoms with E-state index in [9.17, 15) is 50.3 Å². The Kier molecular flexibility index (Phi) is 8.86. The van der Waals surface area contributed by atoms with Gasteiger partial charge in [-0.3, -0.25) is 24.0 Å². The monoisotopic (exact) mass is 689 g/mol. The standard InChI is InChI=1S/C30H33F6N5O5S/c1-12(2)19(40-27(46)30(34,35)36)26(45)41-11-15-18(28(15,3)4)21(41)24(44)38-16(10-13-8-9-37-23(13)43)22(42)25-39-20-14(29(31,32)33)6-5-7-17(20)47-25/h5-7,12-13,15-16,18-19,21H,8-11H2,1-4H3,(H,37,43)(H,38,44)(H,40,46)/t13-,15-,16-,18-,19-,21-/m0/s1. The summed E-state index contributed by atoms with van der Waals surface area (Å²) in [6, 6.07) is -0.872. The molecule has 1 saturated carbocycles. The number of fused-ring (bicyclic) bond motifs is 2. The molecule has 4 amide bonds. The normalized spacial score (nSPS) is 24.9. The molecular weight excluding hydrogens is 656 g/mol. The van der Waals surface area contributed by atoms with Gasteiger partial charge in [-0.2, -0.15) is 26.3 Å². The number of nitrogens with one attached hydrogen (secondary N) is 3. The largest absolute Gasteiger partial charge is 0.471 e. The van der Waals surface area contributed by atoms with E-state index in [1.807, 2.05) is 13.8 Å². The van der Waals surface area contributed by atoms with Gasteiger partial charge in [0.15, 0.2) is 5.01 Å². The number of alkyl halides is 6. The number of benzene rings is 1. The maximum atomic E-state index is 14.0. The van der Waals surface area contributed by atoms with Crippen LogP contribution in [0.3, 0.4) is 0 Å². The van der Waals surface area contributed by atoms with E-state index in [4.69, 9.17) is 0 Å². The van der Waals surface area contributed by atoms with Gasteiger partial charge in [0.2, 0.25) is 23.5 Å². The van der Waals surface area contributed by atoms with Crippen molar-refractivity contribution in [3.8, 4) is 0 Å². The number of nitrogens with zero attached hydrogens (tertiary/aromatic N) is 2. The second kappa shape index (κ2) is 12.0. The van der Waals surface area contributed by atoms with Gasteiger partial charge in [-0.15, -0.1) is 11.3 Å². The fourth-order valence-corrected chi connectivity index (χ4v) is 7.79. The quantitative estimate of drug-likeness (QED) is 0.272. The number of piperidine rings is 1. The number of thiazole rings is 1. The Morgan fingerprint density at radius 2 is 1.79 bits per heavy atom. The van der Waals surface area contributed by atoms with Crippen LogP contribution in [0.5, 0.6) is 0 Å². The third-order valence-electron chi connectivity index (χ3n) is 9.49. The second-order valence-corrected chi connectivity index (χ2v) is 14.2. The number of hydrogen-bond donors (Lipinski definition) is 3. The van der Waals surface area contributed by atoms with Crippen LogP contribution in [-0.4, -0.2) is 76.7 Å². The minimum absolute atomic E-state index is 0.0153. The number of likely N-dealkylation sites (tertiary alicyclic amines) is 1. The van der Waals surface area contributed by atoms with Crippen LogP contribution in [0.15, 0.2) is 18.2 Å². The van der Waals surface area contributed by atoms with Gasteiger partial charge in [-0.05, 0) is 48.1 Å². The first-order chi connectivity index (χ1) is 21.7. The lowest BCUT2D eigenvalue weighted by Gasteiger charge is -2.35. The van der Waals surface area contributed by atoms with Gasteiger partial charge in [0, 0.05) is 19.0 Å². The number of para-hydroxylation sites is 1. The van der Waals surface area contributed by atoms with Gasteiger partial charge in [0.05, 0.1) is 21.8 Å². The highest BCUT2D eigenvalue weighted by Gasteiger charge is 2.69. The average Bonchev–Trinajstić information content (AvgIpc) is 3.48. The molecule has 3 fully saturated rings. The molecule has 6 atom stereocenters. The maximum Gasteiger partial charge on any atom is 0.471 e. The van der Waals surface area contributed by atoms with Crippen molar-refractivity contribution in [1.29, 1.82) is 0 Å². The molecule has 256 valence electrons. The van der Waals surface area contributed by atoms with Crippen molar-refractivity contribution in [3.63, 3.8) is 0 Å². The van der Waals surface area contributed by atoms with Crippen LogP contribution >= 0.6 is 11.3 Å². The summed E-state index contributed by atoms with van der Waals surface area (Å²) in [6.07, 6.45) is -9.87. The number of halogens is 6. The van der Waals surface area contributed by atoms with Gasteiger partial charge in [-0.1, -0.05) is 33.8 Å². The molecule has 3 heterocycles. The van der Waals surface area contributed by atoms with E-state index in [0.717, 1.165) is 11.0 Å². The van der Waals surface area contributed by atoms with Gasteiger partial charge in [-0.25, -0.2) is 4.98 Å². The Balaban J connectivity index is 1.45. The fourth-order valence-electron chi connectivity index (χ4n) is 6.80. The first kappa shape index (κ1) is 34.6. The Bertz CT molecular complexity index is 1620. The van der Waals surface area contributed by atoms with Gasteiger partial charge >= 0.3 is 18.3 Å². The van der Waals surface area contributed by atoms with Crippen molar-refractivity contribution in [1.82, 2.24) is 25.8 Å². The van der Waals surface area contributed by atoms with E-state index in [0.29, 0.717) is 24.3 Å². The lowest BCUT2D eigenvalue weighted by molar-refractivity contribution is -0.175. The lowest BCUT2D eigenvalue weighted by Crippen LogP contribution is -2.59. The minimum atomic E-state index is -5.25. The molecule has 47 heavy (non-hydrogen) atoms. The van der Waals surface area contributed by atoms with Gasteiger partial charge < -0.3 is 20.9 Å². The average molecular weight is 690 g/mol. The van der Waals surface area contributed by atoms with Crippen LogP contribution in [0, 0.1) is 29.1 Å². The van der Waals surface area contributed by atoms with Crippen LogP contribution in [-0.2, 0) is 25.4 Å². The first-order valence-electron chi connectivity index (χ1n) is 15.0. The number of aromatic nitrogens is 1. The van der Waals surface area contributed by atoms with Crippen molar-refractivity contribution in [3.05, 3.63) is 28.8 Å². The molecule has 0 unspecified atom stereocenters. The summed E-state index contributed by atoms with van der Waals surface area (Å²) in [4.78, 5) is 70.8. The third-order valence-corrected chi connectivity index (χ3v) is 10.5. The highest BCUT2D eigenvalue weighted by atomic mass is 32.1. The Morgan fingerprint density at radius 1 is 1.11 bits per heavy atom. The molecule has 1 aromatic carbocycles. The van der Waals surface area contributed by atoms with Crippen LogP contribution in [0.2, 0.25) is 0 Å². The van der Waals surface area contributed by atoms with Gasteiger partial charge in [0.1, 0.15) is 12.1 Å². The molecule has 0 spiro atoms. The summed E-state index contributed by atoms with van der Waals surface area (Å²) in [7, 11) is 0. The molecule has 2 aromatic rings.